The standard InChI is InChI=1S/C14H14ClN3O2/c1-10-5-6-13(20-10)8-17-18-14(19)9-16-12-4-2-3-11(15)7-12/h2-8,16H,9H2,1H3,(H,18,19)/b17-8-. The van der Waals surface area contributed by atoms with Crippen LogP contribution < -0.4 is 10.7 Å². The number of aryl methyl sites for hydroxylation is 1. The number of amides is 1. The summed E-state index contributed by atoms with van der Waals surface area (Å²) in [5.74, 6) is 1.12. The molecular formula is C14H14ClN3O2. The van der Waals surface area contributed by atoms with E-state index in [1.807, 2.05) is 19.1 Å². The highest BCUT2D eigenvalue weighted by atomic mass is 35.5. The fraction of sp³-hybridized carbons (Fsp3) is 0.143. The number of halogens is 1. The number of nitrogens with one attached hydrogen (secondary N) is 2. The van der Waals surface area contributed by atoms with Crippen LogP contribution in [0.3, 0.4) is 0 Å². The van der Waals surface area contributed by atoms with Crippen LogP contribution in [0.1, 0.15) is 11.5 Å². The van der Waals surface area contributed by atoms with E-state index in [2.05, 4.69) is 15.8 Å². The molecule has 0 aliphatic rings. The van der Waals surface area contributed by atoms with Gasteiger partial charge in [0.05, 0.1) is 12.8 Å². The minimum atomic E-state index is -0.260. The Morgan fingerprint density at radius 2 is 2.25 bits per heavy atom. The normalized spacial score (nSPS) is 10.7. The number of hydrogen-bond donors (Lipinski definition) is 2. The van der Waals surface area contributed by atoms with Gasteiger partial charge in [-0.05, 0) is 37.3 Å². The molecule has 0 bridgehead atoms. The fourth-order valence-corrected chi connectivity index (χ4v) is 1.70. The number of rotatable bonds is 5. The Labute approximate surface area is 121 Å². The molecule has 1 aromatic carbocycles. The summed E-state index contributed by atoms with van der Waals surface area (Å²) in [7, 11) is 0. The molecule has 1 amide bonds. The van der Waals surface area contributed by atoms with Crippen molar-refractivity contribution in [3.05, 3.63) is 52.9 Å². The van der Waals surface area contributed by atoms with Crippen molar-refractivity contribution in [2.75, 3.05) is 11.9 Å². The number of nitrogens with zero attached hydrogens (tertiary/aromatic N) is 1. The first kappa shape index (κ1) is 14.1. The van der Waals surface area contributed by atoms with Crippen molar-refractivity contribution in [1.29, 1.82) is 0 Å². The zero-order chi connectivity index (χ0) is 14.4. The van der Waals surface area contributed by atoms with Crippen molar-refractivity contribution in [3.63, 3.8) is 0 Å². The topological polar surface area (TPSA) is 66.6 Å². The summed E-state index contributed by atoms with van der Waals surface area (Å²) in [5.41, 5.74) is 3.18. The molecule has 0 fully saturated rings. The van der Waals surface area contributed by atoms with Crippen molar-refractivity contribution in [2.45, 2.75) is 6.92 Å². The van der Waals surface area contributed by atoms with E-state index >= 15 is 0 Å². The van der Waals surface area contributed by atoms with Crippen LogP contribution in [0.2, 0.25) is 5.02 Å². The van der Waals surface area contributed by atoms with Crippen molar-refractivity contribution in [3.8, 4) is 0 Å². The van der Waals surface area contributed by atoms with E-state index in [0.29, 0.717) is 10.8 Å². The van der Waals surface area contributed by atoms with Crippen LogP contribution in [0, 0.1) is 6.92 Å². The molecule has 104 valence electrons. The van der Waals surface area contributed by atoms with Gasteiger partial charge in [0.15, 0.2) is 0 Å². The third-order valence-electron chi connectivity index (χ3n) is 2.42. The Kier molecular flexibility index (Phi) is 4.79. The van der Waals surface area contributed by atoms with Crippen molar-refractivity contribution in [2.24, 2.45) is 5.10 Å². The minimum absolute atomic E-state index is 0.106. The molecule has 2 aromatic rings. The number of carbonyl (C=O) groups excluding carboxylic acids is 1. The van der Waals surface area contributed by atoms with Crippen LogP contribution in [0.25, 0.3) is 0 Å². The summed E-state index contributed by atoms with van der Waals surface area (Å²) in [6.45, 7) is 1.94. The van der Waals surface area contributed by atoms with Gasteiger partial charge in [-0.3, -0.25) is 4.79 Å². The molecule has 0 unspecified atom stereocenters. The van der Waals surface area contributed by atoms with Crippen LogP contribution in [-0.2, 0) is 4.79 Å². The Morgan fingerprint density at radius 3 is 2.95 bits per heavy atom. The Bertz CT molecular complexity index is 622. The summed E-state index contributed by atoms with van der Waals surface area (Å²) in [5, 5.41) is 7.36. The van der Waals surface area contributed by atoms with E-state index in [9.17, 15) is 4.79 Å². The molecule has 0 saturated heterocycles. The Balaban J connectivity index is 1.77. The average Bonchev–Trinajstić information content (AvgIpc) is 2.82. The maximum Gasteiger partial charge on any atom is 0.259 e. The van der Waals surface area contributed by atoms with Crippen LogP contribution in [0.4, 0.5) is 5.69 Å². The molecule has 0 aliphatic carbocycles. The molecule has 0 aliphatic heterocycles. The molecule has 0 atom stereocenters. The van der Waals surface area contributed by atoms with Gasteiger partial charge >= 0.3 is 0 Å². The third kappa shape index (κ3) is 4.44. The van der Waals surface area contributed by atoms with E-state index < -0.39 is 0 Å². The molecule has 6 heteroatoms. The lowest BCUT2D eigenvalue weighted by Crippen LogP contribution is -2.25. The summed E-state index contributed by atoms with van der Waals surface area (Å²) in [4.78, 5) is 11.5. The van der Waals surface area contributed by atoms with Crippen molar-refractivity contribution < 1.29 is 9.21 Å². The predicted molar refractivity (Wildman–Crippen MR) is 79.1 cm³/mol. The highest BCUT2D eigenvalue weighted by Crippen LogP contribution is 2.14. The highest BCUT2D eigenvalue weighted by Gasteiger charge is 2.00. The van der Waals surface area contributed by atoms with Crippen LogP contribution in [-0.4, -0.2) is 18.7 Å². The first-order chi connectivity index (χ1) is 9.63. The third-order valence-corrected chi connectivity index (χ3v) is 2.65. The van der Waals surface area contributed by atoms with E-state index in [1.165, 1.54) is 6.21 Å². The largest absolute Gasteiger partial charge is 0.460 e. The maximum atomic E-state index is 11.5. The molecule has 2 N–H and O–H groups in total. The number of hydrazone groups is 1. The van der Waals surface area contributed by atoms with Gasteiger partial charge in [-0.1, -0.05) is 17.7 Å². The molecule has 1 aromatic heterocycles. The molecule has 0 radical (unpaired) electrons. The molecule has 20 heavy (non-hydrogen) atoms. The second kappa shape index (κ2) is 6.77. The molecule has 0 saturated carbocycles. The molecular weight excluding hydrogens is 278 g/mol. The second-order valence-electron chi connectivity index (χ2n) is 4.11. The molecule has 5 nitrogen and oxygen atoms in total. The van der Waals surface area contributed by atoms with Gasteiger partial charge in [-0.2, -0.15) is 5.10 Å². The maximum absolute atomic E-state index is 11.5. The molecule has 1 heterocycles. The minimum Gasteiger partial charge on any atom is -0.460 e. The van der Waals surface area contributed by atoms with Gasteiger partial charge in [-0.15, -0.1) is 0 Å². The number of carbonyl (C=O) groups is 1. The zero-order valence-electron chi connectivity index (χ0n) is 10.9. The van der Waals surface area contributed by atoms with Crippen molar-refractivity contribution >= 4 is 29.4 Å². The quantitative estimate of drug-likeness (QED) is 0.657. The van der Waals surface area contributed by atoms with Gasteiger partial charge in [0.2, 0.25) is 0 Å². The lowest BCUT2D eigenvalue weighted by Gasteiger charge is -2.05. The summed E-state index contributed by atoms with van der Waals surface area (Å²) < 4.78 is 5.28. The predicted octanol–water partition coefficient (Wildman–Crippen LogP) is 2.80. The lowest BCUT2D eigenvalue weighted by molar-refractivity contribution is -0.119. The van der Waals surface area contributed by atoms with Crippen molar-refractivity contribution in [1.82, 2.24) is 5.43 Å². The number of hydrogen-bond acceptors (Lipinski definition) is 4. The smallest absolute Gasteiger partial charge is 0.259 e. The SMILES string of the molecule is Cc1ccc(/C=N\NC(=O)CNc2cccc(Cl)c2)o1. The second-order valence-corrected chi connectivity index (χ2v) is 4.54. The zero-order valence-corrected chi connectivity index (χ0v) is 11.6. The van der Waals surface area contributed by atoms with Gasteiger partial charge in [0.1, 0.15) is 11.5 Å². The van der Waals surface area contributed by atoms with Gasteiger partial charge in [0, 0.05) is 10.7 Å². The monoisotopic (exact) mass is 291 g/mol. The first-order valence-corrected chi connectivity index (χ1v) is 6.39. The van der Waals surface area contributed by atoms with E-state index in [-0.39, 0.29) is 12.5 Å². The molecule has 0 spiro atoms. The van der Waals surface area contributed by atoms with Gasteiger partial charge < -0.3 is 9.73 Å². The number of benzene rings is 1. The highest BCUT2D eigenvalue weighted by molar-refractivity contribution is 6.30. The Morgan fingerprint density at radius 1 is 1.40 bits per heavy atom. The van der Waals surface area contributed by atoms with E-state index in [0.717, 1.165) is 11.4 Å². The Hall–Kier alpha value is -2.27. The first-order valence-electron chi connectivity index (χ1n) is 6.01. The summed E-state index contributed by atoms with van der Waals surface area (Å²) >= 11 is 5.84. The van der Waals surface area contributed by atoms with E-state index in [1.54, 1.807) is 24.3 Å². The number of furan rings is 1. The van der Waals surface area contributed by atoms with Crippen LogP contribution in [0.15, 0.2) is 45.9 Å². The molecule has 2 rings (SSSR count). The van der Waals surface area contributed by atoms with Gasteiger partial charge in [-0.25, -0.2) is 5.43 Å². The van der Waals surface area contributed by atoms with Crippen LogP contribution in [0.5, 0.6) is 0 Å². The fourth-order valence-electron chi connectivity index (χ4n) is 1.51. The van der Waals surface area contributed by atoms with Crippen LogP contribution >= 0.6 is 11.6 Å². The lowest BCUT2D eigenvalue weighted by atomic mass is 10.3. The summed E-state index contributed by atoms with van der Waals surface area (Å²) in [6, 6.07) is 10.7. The van der Waals surface area contributed by atoms with Gasteiger partial charge in [0.25, 0.3) is 5.91 Å². The average molecular weight is 292 g/mol. The van der Waals surface area contributed by atoms with E-state index in [4.69, 9.17) is 16.0 Å². The summed E-state index contributed by atoms with van der Waals surface area (Å²) in [6.07, 6.45) is 1.45. The number of anilines is 1.